The number of rotatable bonds is 9. The van der Waals surface area contributed by atoms with E-state index in [4.69, 9.17) is 4.74 Å². The smallest absolute Gasteiger partial charge is 0.410 e. The molecule has 1 aliphatic rings. The quantitative estimate of drug-likeness (QED) is 0.338. The lowest BCUT2D eigenvalue weighted by atomic mass is 9.98. The number of carbonyl (C=O) groups is 4. The number of benzene rings is 3. The molecular weight excluding hydrogens is 580 g/mol. The van der Waals surface area contributed by atoms with Gasteiger partial charge in [-0.1, -0.05) is 78.4 Å². The average molecular weight is 627 g/mol. The van der Waals surface area contributed by atoms with Crippen molar-refractivity contribution in [2.45, 2.75) is 64.1 Å². The lowest BCUT2D eigenvalue weighted by Crippen LogP contribution is -2.55. The Morgan fingerprint density at radius 3 is 2.07 bits per heavy atom. The van der Waals surface area contributed by atoms with E-state index in [0.29, 0.717) is 32.4 Å². The number of fused-ring (bicyclic) bond motifs is 1. The highest BCUT2D eigenvalue weighted by molar-refractivity contribution is 5.95. The van der Waals surface area contributed by atoms with E-state index in [9.17, 15) is 19.2 Å². The average Bonchev–Trinajstić information content (AvgIpc) is 3.04. The fourth-order valence-corrected chi connectivity index (χ4v) is 5.65. The van der Waals surface area contributed by atoms with Crippen molar-refractivity contribution in [3.05, 3.63) is 95.6 Å². The van der Waals surface area contributed by atoms with E-state index in [1.54, 1.807) is 32.1 Å². The number of ether oxygens (including phenoxy) is 1. The number of nitrogens with zero attached hydrogens (tertiary/aromatic N) is 3. The second-order valence-electron chi connectivity index (χ2n) is 12.9. The predicted octanol–water partition coefficient (Wildman–Crippen LogP) is 4.98. The molecule has 0 aromatic heterocycles. The van der Waals surface area contributed by atoms with Crippen LogP contribution in [0.25, 0.3) is 10.8 Å². The van der Waals surface area contributed by atoms with Crippen LogP contribution in [0.15, 0.2) is 84.4 Å². The van der Waals surface area contributed by atoms with Crippen LogP contribution in [0.5, 0.6) is 0 Å². The van der Waals surface area contributed by atoms with Gasteiger partial charge in [0.1, 0.15) is 17.7 Å². The molecule has 1 fully saturated rings. The molecule has 1 heterocycles. The number of amides is 4. The first-order valence-electron chi connectivity index (χ1n) is 15.8. The van der Waals surface area contributed by atoms with Crippen LogP contribution >= 0.6 is 0 Å². The van der Waals surface area contributed by atoms with Gasteiger partial charge >= 0.3 is 6.09 Å². The minimum atomic E-state index is -0.861. The Labute approximate surface area is 272 Å². The van der Waals surface area contributed by atoms with Gasteiger partial charge in [-0.2, -0.15) is 0 Å². The van der Waals surface area contributed by atoms with Gasteiger partial charge in [0.2, 0.25) is 17.7 Å². The Bertz CT molecular complexity index is 1570. The maximum Gasteiger partial charge on any atom is 0.410 e. The van der Waals surface area contributed by atoms with Crippen LogP contribution < -0.4 is 5.32 Å². The number of nitrogens with one attached hydrogen (secondary N) is 1. The molecule has 4 amide bonds. The van der Waals surface area contributed by atoms with E-state index < -0.39 is 17.7 Å². The summed E-state index contributed by atoms with van der Waals surface area (Å²) in [6.45, 7) is 6.40. The normalized spacial score (nSPS) is 14.7. The molecule has 0 saturated carbocycles. The molecule has 1 saturated heterocycles. The molecule has 3 aromatic carbocycles. The van der Waals surface area contributed by atoms with Crippen LogP contribution in [-0.2, 0) is 32.0 Å². The van der Waals surface area contributed by atoms with Crippen LogP contribution in [-0.4, -0.2) is 90.4 Å². The molecule has 46 heavy (non-hydrogen) atoms. The fraction of sp³-hybridized carbons (Fsp3) is 0.405. The lowest BCUT2D eigenvalue weighted by Gasteiger charge is -2.34. The summed E-state index contributed by atoms with van der Waals surface area (Å²) in [7, 11) is 4.82. The third-order valence-corrected chi connectivity index (χ3v) is 8.36. The number of piperidine rings is 1. The van der Waals surface area contributed by atoms with Crippen molar-refractivity contribution in [3.8, 4) is 0 Å². The van der Waals surface area contributed by atoms with Gasteiger partial charge < -0.3 is 24.8 Å². The van der Waals surface area contributed by atoms with E-state index in [1.165, 1.54) is 9.80 Å². The van der Waals surface area contributed by atoms with Crippen molar-refractivity contribution in [1.29, 1.82) is 0 Å². The standard InChI is InChI=1S/C37H46N4O5/c1-37(2,3)46-36(45)41-20-18-27(19-21-41)25-33(42)39(5)32(24-28-16-17-29-14-10-11-15-30(29)22-28)35(44)40(6)31(34(43)38-4)23-26-12-8-7-9-13-26/h7-17,22,25,31-32H,18-21,23-24H2,1-6H3,(H,38,43). The zero-order valence-corrected chi connectivity index (χ0v) is 27.8. The molecule has 2 atom stereocenters. The summed E-state index contributed by atoms with van der Waals surface area (Å²) >= 11 is 0. The summed E-state index contributed by atoms with van der Waals surface area (Å²) in [6, 6.07) is 22.0. The Hall–Kier alpha value is -4.66. The molecule has 9 nitrogen and oxygen atoms in total. The van der Waals surface area contributed by atoms with Crippen molar-refractivity contribution in [3.63, 3.8) is 0 Å². The van der Waals surface area contributed by atoms with Crippen molar-refractivity contribution >= 4 is 34.6 Å². The van der Waals surface area contributed by atoms with Crippen LogP contribution in [0, 0.1) is 0 Å². The third-order valence-electron chi connectivity index (χ3n) is 8.36. The molecule has 1 aliphatic heterocycles. The first-order chi connectivity index (χ1) is 21.9. The highest BCUT2D eigenvalue weighted by Crippen LogP contribution is 2.22. The summed E-state index contributed by atoms with van der Waals surface area (Å²) in [4.78, 5) is 58.2. The van der Waals surface area contributed by atoms with Crippen molar-refractivity contribution < 1.29 is 23.9 Å². The van der Waals surface area contributed by atoms with Crippen molar-refractivity contribution in [2.24, 2.45) is 0 Å². The minimum absolute atomic E-state index is 0.275. The summed E-state index contributed by atoms with van der Waals surface area (Å²) in [5.41, 5.74) is 2.16. The number of hydrogen-bond acceptors (Lipinski definition) is 5. The lowest BCUT2D eigenvalue weighted by molar-refractivity contribution is -0.146. The van der Waals surface area contributed by atoms with Crippen LogP contribution in [0.1, 0.15) is 44.7 Å². The SMILES string of the molecule is CNC(=O)C(Cc1ccccc1)N(C)C(=O)C(Cc1ccc2ccccc2c1)N(C)C(=O)C=C1CCN(C(=O)OC(C)(C)C)CC1. The number of likely N-dealkylation sites (N-methyl/N-ethyl adjacent to an activating group) is 3. The monoisotopic (exact) mass is 626 g/mol. The number of likely N-dealkylation sites (tertiary alicyclic amines) is 1. The van der Waals surface area contributed by atoms with E-state index in [2.05, 4.69) is 5.32 Å². The summed E-state index contributed by atoms with van der Waals surface area (Å²) < 4.78 is 5.50. The van der Waals surface area contributed by atoms with Gasteiger partial charge in [0.05, 0.1) is 0 Å². The molecule has 0 spiro atoms. The van der Waals surface area contributed by atoms with Gasteiger partial charge in [-0.25, -0.2) is 4.79 Å². The predicted molar refractivity (Wildman–Crippen MR) is 180 cm³/mol. The molecule has 0 aliphatic carbocycles. The molecule has 244 valence electrons. The van der Waals surface area contributed by atoms with Crippen molar-refractivity contribution in [1.82, 2.24) is 20.0 Å². The molecule has 4 rings (SSSR count). The first kappa shape index (κ1) is 34.2. The molecule has 2 unspecified atom stereocenters. The zero-order valence-electron chi connectivity index (χ0n) is 27.8. The third kappa shape index (κ3) is 8.96. The molecule has 1 N–H and O–H groups in total. The first-order valence-corrected chi connectivity index (χ1v) is 15.8. The Kier molecular flexibility index (Phi) is 11.2. The highest BCUT2D eigenvalue weighted by Gasteiger charge is 2.35. The fourth-order valence-electron chi connectivity index (χ4n) is 5.65. The van der Waals surface area contributed by atoms with E-state index in [0.717, 1.165) is 27.5 Å². The van der Waals surface area contributed by atoms with E-state index in [1.807, 2.05) is 93.6 Å². The molecule has 3 aromatic rings. The van der Waals surface area contributed by atoms with Gasteiger partial charge in [-0.05, 0) is 55.5 Å². The number of carbonyl (C=O) groups excluding carboxylic acids is 4. The minimum Gasteiger partial charge on any atom is -0.444 e. The van der Waals surface area contributed by atoms with Gasteiger partial charge in [0, 0.05) is 53.2 Å². The van der Waals surface area contributed by atoms with Gasteiger partial charge in [0.15, 0.2) is 0 Å². The largest absolute Gasteiger partial charge is 0.444 e. The van der Waals surface area contributed by atoms with Gasteiger partial charge in [-0.15, -0.1) is 0 Å². The Morgan fingerprint density at radius 2 is 1.43 bits per heavy atom. The topological polar surface area (TPSA) is 99.3 Å². The van der Waals surface area contributed by atoms with Crippen LogP contribution in [0.2, 0.25) is 0 Å². The van der Waals surface area contributed by atoms with E-state index >= 15 is 0 Å². The molecular formula is C37H46N4O5. The molecule has 9 heteroatoms. The Balaban J connectivity index is 1.57. The highest BCUT2D eigenvalue weighted by atomic mass is 16.6. The second kappa shape index (κ2) is 15.1. The maximum absolute atomic E-state index is 14.3. The zero-order chi connectivity index (χ0) is 33.4. The summed E-state index contributed by atoms with van der Waals surface area (Å²) in [6.07, 6.45) is 2.92. The number of hydrogen-bond donors (Lipinski definition) is 1. The van der Waals surface area contributed by atoms with Crippen molar-refractivity contribution in [2.75, 3.05) is 34.2 Å². The second-order valence-corrected chi connectivity index (χ2v) is 12.9. The summed E-state index contributed by atoms with van der Waals surface area (Å²) in [5, 5.41) is 4.83. The van der Waals surface area contributed by atoms with Crippen LogP contribution in [0.3, 0.4) is 0 Å². The molecule has 0 bridgehead atoms. The molecule has 0 radical (unpaired) electrons. The summed E-state index contributed by atoms with van der Waals surface area (Å²) in [5.74, 6) is -0.906. The Morgan fingerprint density at radius 1 is 0.826 bits per heavy atom. The van der Waals surface area contributed by atoms with Crippen LogP contribution in [0.4, 0.5) is 4.79 Å². The van der Waals surface area contributed by atoms with Gasteiger partial charge in [0.25, 0.3) is 0 Å². The maximum atomic E-state index is 14.3. The van der Waals surface area contributed by atoms with E-state index in [-0.39, 0.29) is 30.2 Å². The van der Waals surface area contributed by atoms with Gasteiger partial charge in [-0.3, -0.25) is 14.4 Å².